The molecule has 0 aliphatic rings. The monoisotopic (exact) mass is 799 g/mol. The summed E-state index contributed by atoms with van der Waals surface area (Å²) in [4.78, 5) is 12.3. The van der Waals surface area contributed by atoms with E-state index in [4.69, 9.17) is 9.47 Å². The molecule has 57 heavy (non-hydrogen) atoms. The molecule has 0 rings (SSSR count). The molecule has 0 aromatic carbocycles. The van der Waals surface area contributed by atoms with E-state index in [2.05, 4.69) is 62.5 Å². The fourth-order valence-corrected chi connectivity index (χ4v) is 7.44. The van der Waals surface area contributed by atoms with Gasteiger partial charge in [-0.15, -0.1) is 0 Å². The van der Waals surface area contributed by atoms with E-state index in [1.54, 1.807) is 0 Å². The molecule has 0 aromatic heterocycles. The van der Waals surface area contributed by atoms with E-state index in [9.17, 15) is 9.90 Å². The first kappa shape index (κ1) is 55.4. The molecule has 0 spiro atoms. The van der Waals surface area contributed by atoms with Crippen LogP contribution in [0, 0.1) is 0 Å². The van der Waals surface area contributed by atoms with Crippen molar-refractivity contribution < 1.29 is 19.4 Å². The maximum Gasteiger partial charge on any atom is 0.306 e. The summed E-state index contributed by atoms with van der Waals surface area (Å²) in [6, 6.07) is 0. The maximum atomic E-state index is 12.3. The van der Waals surface area contributed by atoms with Crippen LogP contribution < -0.4 is 0 Å². The molecule has 4 nitrogen and oxygen atoms in total. The number of carbonyl (C=O) groups is 1. The van der Waals surface area contributed by atoms with Crippen LogP contribution in [-0.2, 0) is 14.3 Å². The van der Waals surface area contributed by atoms with Crippen molar-refractivity contribution in [1.29, 1.82) is 0 Å². The van der Waals surface area contributed by atoms with Gasteiger partial charge < -0.3 is 14.6 Å². The minimum atomic E-state index is -0.537. The van der Waals surface area contributed by atoms with Gasteiger partial charge in [-0.05, 0) is 51.4 Å². The number of unbranched alkanes of at least 4 members (excludes halogenated alkanes) is 31. The lowest BCUT2D eigenvalue weighted by atomic mass is 10.0. The summed E-state index contributed by atoms with van der Waals surface area (Å²) >= 11 is 0. The van der Waals surface area contributed by atoms with E-state index in [-0.39, 0.29) is 12.6 Å². The minimum absolute atomic E-state index is 0.172. The molecule has 0 saturated heterocycles. The van der Waals surface area contributed by atoms with Crippen LogP contribution in [-0.4, -0.2) is 37.0 Å². The average molecular weight is 799 g/mol. The summed E-state index contributed by atoms with van der Waals surface area (Å²) < 4.78 is 11.2. The van der Waals surface area contributed by atoms with Crippen molar-refractivity contribution in [3.05, 3.63) is 48.6 Å². The Morgan fingerprint density at radius 3 is 1.19 bits per heavy atom. The first-order chi connectivity index (χ1) is 28.2. The third-order valence-electron chi connectivity index (χ3n) is 11.2. The van der Waals surface area contributed by atoms with Gasteiger partial charge in [-0.2, -0.15) is 0 Å². The molecule has 334 valence electrons. The van der Waals surface area contributed by atoms with Gasteiger partial charge in [-0.3, -0.25) is 4.79 Å². The molecular weight excluding hydrogens is 701 g/mol. The van der Waals surface area contributed by atoms with Crippen LogP contribution in [0.3, 0.4) is 0 Å². The van der Waals surface area contributed by atoms with Crippen LogP contribution in [0.4, 0.5) is 0 Å². The molecule has 0 heterocycles. The highest BCUT2D eigenvalue weighted by Gasteiger charge is 2.13. The topological polar surface area (TPSA) is 55.8 Å². The average Bonchev–Trinajstić information content (AvgIpc) is 3.22. The maximum absolute atomic E-state index is 12.3. The summed E-state index contributed by atoms with van der Waals surface area (Å²) in [5.74, 6) is -0.198. The Morgan fingerprint density at radius 2 is 0.789 bits per heavy atom. The van der Waals surface area contributed by atoms with Crippen LogP contribution in [0.2, 0.25) is 0 Å². The van der Waals surface area contributed by atoms with Gasteiger partial charge in [-0.25, -0.2) is 0 Å². The molecule has 0 aromatic rings. The van der Waals surface area contributed by atoms with Crippen LogP contribution in [0.1, 0.15) is 258 Å². The van der Waals surface area contributed by atoms with Gasteiger partial charge in [0.2, 0.25) is 0 Å². The molecule has 0 aliphatic carbocycles. The van der Waals surface area contributed by atoms with Gasteiger partial charge in [0.1, 0.15) is 6.10 Å². The van der Waals surface area contributed by atoms with Gasteiger partial charge in [0.25, 0.3) is 0 Å². The molecule has 1 N–H and O–H groups in total. The number of hydrogen-bond acceptors (Lipinski definition) is 4. The van der Waals surface area contributed by atoms with Crippen LogP contribution in [0.15, 0.2) is 48.6 Å². The molecule has 0 amide bonds. The van der Waals surface area contributed by atoms with E-state index in [1.807, 2.05) is 0 Å². The normalized spacial score (nSPS) is 12.7. The number of aliphatic hydroxyl groups excluding tert-OH is 1. The largest absolute Gasteiger partial charge is 0.457 e. The lowest BCUT2D eigenvalue weighted by molar-refractivity contribution is -0.154. The molecule has 1 unspecified atom stereocenters. The van der Waals surface area contributed by atoms with Crippen LogP contribution in [0.5, 0.6) is 0 Å². The lowest BCUT2D eigenvalue weighted by Gasteiger charge is -2.16. The van der Waals surface area contributed by atoms with E-state index in [1.165, 1.54) is 193 Å². The number of aliphatic hydroxyl groups is 1. The van der Waals surface area contributed by atoms with Gasteiger partial charge in [0.15, 0.2) is 0 Å². The number of rotatable bonds is 47. The summed E-state index contributed by atoms with van der Waals surface area (Å²) in [6.07, 6.45) is 66.3. The first-order valence-electron chi connectivity index (χ1n) is 25.2. The smallest absolute Gasteiger partial charge is 0.306 e. The van der Waals surface area contributed by atoms with E-state index < -0.39 is 6.10 Å². The summed E-state index contributed by atoms with van der Waals surface area (Å²) in [7, 11) is 0. The highest BCUT2D eigenvalue weighted by atomic mass is 16.6. The highest BCUT2D eigenvalue weighted by molar-refractivity contribution is 5.69. The van der Waals surface area contributed by atoms with Crippen LogP contribution >= 0.6 is 0 Å². The molecule has 1 atom stereocenters. The van der Waals surface area contributed by atoms with E-state index in [0.717, 1.165) is 44.9 Å². The number of allylic oxidation sites excluding steroid dienone is 8. The Bertz CT molecular complexity index is 889. The minimum Gasteiger partial charge on any atom is -0.457 e. The fraction of sp³-hybridized carbons (Fsp3) is 0.830. The van der Waals surface area contributed by atoms with Gasteiger partial charge in [0.05, 0.1) is 13.2 Å². The van der Waals surface area contributed by atoms with E-state index >= 15 is 0 Å². The van der Waals surface area contributed by atoms with Crippen molar-refractivity contribution in [1.82, 2.24) is 0 Å². The summed E-state index contributed by atoms with van der Waals surface area (Å²) in [5, 5.41) is 9.65. The molecule has 0 aliphatic heterocycles. The molecule has 0 saturated carbocycles. The molecule has 4 heteroatoms. The first-order valence-corrected chi connectivity index (χ1v) is 25.2. The Hall–Kier alpha value is -1.65. The van der Waals surface area contributed by atoms with Crippen molar-refractivity contribution in [2.75, 3.05) is 19.8 Å². The number of hydrogen-bond donors (Lipinski definition) is 1. The fourth-order valence-electron chi connectivity index (χ4n) is 7.44. The second kappa shape index (κ2) is 50.5. The van der Waals surface area contributed by atoms with Crippen molar-refractivity contribution in [2.24, 2.45) is 0 Å². The predicted molar refractivity (Wildman–Crippen MR) is 251 cm³/mol. The van der Waals surface area contributed by atoms with Crippen molar-refractivity contribution in [2.45, 2.75) is 264 Å². The second-order valence-electron chi connectivity index (χ2n) is 16.9. The van der Waals surface area contributed by atoms with Crippen molar-refractivity contribution in [3.63, 3.8) is 0 Å². The van der Waals surface area contributed by atoms with Gasteiger partial charge >= 0.3 is 5.97 Å². The van der Waals surface area contributed by atoms with Crippen molar-refractivity contribution in [3.8, 4) is 0 Å². The van der Waals surface area contributed by atoms with Crippen molar-refractivity contribution >= 4 is 5.97 Å². The standard InChI is InChI=1S/C53H98O4/c1-3-5-7-9-11-13-15-17-19-21-23-25-27-28-30-32-34-36-38-40-42-44-46-48-53(55)57-52(50-54)51-56-49-47-45-43-41-39-37-35-33-31-29-26-24-22-20-18-16-14-12-10-8-6-4-2/h6,8,12,14,18,20,24,26,52,54H,3-5,7,9-11,13,15-17,19,21-23,25,27-51H2,1-2H3/b8-6-,14-12-,20-18-,26-24-. The zero-order chi connectivity index (χ0) is 41.2. The third kappa shape index (κ3) is 48.6. The highest BCUT2D eigenvalue weighted by Crippen LogP contribution is 2.16. The number of ether oxygens (including phenoxy) is 2. The Balaban J connectivity index is 3.39. The zero-order valence-corrected chi connectivity index (χ0v) is 38.4. The molecule has 0 fully saturated rings. The Labute approximate surface area is 356 Å². The van der Waals surface area contributed by atoms with Gasteiger partial charge in [-0.1, -0.05) is 249 Å². The predicted octanol–water partition coefficient (Wildman–Crippen LogP) is 17.0. The molecular formula is C53H98O4. The SMILES string of the molecule is CC/C=C\C/C=C\C/C=C\C/C=C\CCCCCCCCCCCOCC(CO)OC(=O)CCCCCCCCCCCCCCCCCCCCCCCCC. The summed E-state index contributed by atoms with van der Waals surface area (Å²) in [5.41, 5.74) is 0. The molecule has 0 radical (unpaired) electrons. The van der Waals surface area contributed by atoms with E-state index in [0.29, 0.717) is 19.6 Å². The van der Waals surface area contributed by atoms with Gasteiger partial charge in [0, 0.05) is 13.0 Å². The summed E-state index contributed by atoms with van der Waals surface area (Å²) in [6.45, 7) is 5.26. The number of esters is 1. The Morgan fingerprint density at radius 1 is 0.439 bits per heavy atom. The quantitative estimate of drug-likeness (QED) is 0.0378. The second-order valence-corrected chi connectivity index (χ2v) is 16.9. The zero-order valence-electron chi connectivity index (χ0n) is 38.4. The third-order valence-corrected chi connectivity index (χ3v) is 11.2. The Kier molecular flexibility index (Phi) is 49.0. The lowest BCUT2D eigenvalue weighted by Crippen LogP contribution is -2.27. The molecule has 0 bridgehead atoms. The van der Waals surface area contributed by atoms with Crippen LogP contribution in [0.25, 0.3) is 0 Å². The number of carbonyl (C=O) groups excluding carboxylic acids is 1.